The standard InChI is InChI=1S/C22H27N3O2/c1-3-27-21-10-4-18(5-11-21)16-23-20-8-6-19(7-9-20)22(26)17-25-14-12-24(2)13-15-25/h4-11,16H,3,12-15,17H2,1-2H3. The quantitative estimate of drug-likeness (QED) is 0.558. The first kappa shape index (κ1) is 19.3. The van der Waals surface area contributed by atoms with Crippen molar-refractivity contribution in [2.24, 2.45) is 4.99 Å². The van der Waals surface area contributed by atoms with Crippen molar-refractivity contribution in [1.82, 2.24) is 9.80 Å². The number of aliphatic imine (C=N–C) groups is 1. The molecule has 1 aliphatic rings. The predicted molar refractivity (Wildman–Crippen MR) is 110 cm³/mol. The lowest BCUT2D eigenvalue weighted by Crippen LogP contribution is -2.46. The molecule has 3 rings (SSSR count). The molecule has 0 unspecified atom stereocenters. The van der Waals surface area contributed by atoms with Gasteiger partial charge in [0.2, 0.25) is 0 Å². The summed E-state index contributed by atoms with van der Waals surface area (Å²) in [5.74, 6) is 1.03. The van der Waals surface area contributed by atoms with Gasteiger partial charge in [-0.2, -0.15) is 0 Å². The predicted octanol–water partition coefficient (Wildman–Crippen LogP) is 3.27. The van der Waals surface area contributed by atoms with Gasteiger partial charge >= 0.3 is 0 Å². The van der Waals surface area contributed by atoms with Crippen molar-refractivity contribution in [2.45, 2.75) is 6.92 Å². The van der Waals surface area contributed by atoms with Crippen molar-refractivity contribution in [3.05, 3.63) is 59.7 Å². The smallest absolute Gasteiger partial charge is 0.176 e. The molecule has 142 valence electrons. The van der Waals surface area contributed by atoms with Crippen molar-refractivity contribution in [3.8, 4) is 5.75 Å². The monoisotopic (exact) mass is 365 g/mol. The molecule has 27 heavy (non-hydrogen) atoms. The summed E-state index contributed by atoms with van der Waals surface area (Å²) < 4.78 is 5.44. The van der Waals surface area contributed by atoms with Crippen LogP contribution < -0.4 is 4.74 Å². The molecule has 1 heterocycles. The van der Waals surface area contributed by atoms with E-state index < -0.39 is 0 Å². The SMILES string of the molecule is CCOc1ccc(C=Nc2ccc(C(=O)CN3CCN(C)CC3)cc2)cc1. The Balaban J connectivity index is 1.55. The minimum atomic E-state index is 0.168. The highest BCUT2D eigenvalue weighted by molar-refractivity contribution is 5.98. The Bertz CT molecular complexity index is 761. The van der Waals surface area contributed by atoms with E-state index in [0.717, 1.165) is 48.7 Å². The van der Waals surface area contributed by atoms with Crippen LogP contribution in [0.25, 0.3) is 0 Å². The fourth-order valence-electron chi connectivity index (χ4n) is 3.00. The van der Waals surface area contributed by atoms with E-state index in [9.17, 15) is 4.79 Å². The third kappa shape index (κ3) is 5.74. The lowest BCUT2D eigenvalue weighted by atomic mass is 10.1. The van der Waals surface area contributed by atoms with Gasteiger partial charge in [0.25, 0.3) is 0 Å². The Labute approximate surface area is 161 Å². The molecular weight excluding hydrogens is 338 g/mol. The topological polar surface area (TPSA) is 45.1 Å². The van der Waals surface area contributed by atoms with Gasteiger partial charge in [-0.1, -0.05) is 0 Å². The third-order valence-electron chi connectivity index (χ3n) is 4.71. The number of carbonyl (C=O) groups excluding carboxylic acids is 1. The first-order valence-corrected chi connectivity index (χ1v) is 9.45. The van der Waals surface area contributed by atoms with E-state index in [-0.39, 0.29) is 5.78 Å². The Morgan fingerprint density at radius 1 is 1.04 bits per heavy atom. The fourth-order valence-corrected chi connectivity index (χ4v) is 3.00. The maximum absolute atomic E-state index is 12.5. The van der Waals surface area contributed by atoms with Crippen molar-refractivity contribution >= 4 is 17.7 Å². The molecule has 0 aliphatic carbocycles. The van der Waals surface area contributed by atoms with Gasteiger partial charge in [-0.05, 0) is 68.1 Å². The molecule has 1 saturated heterocycles. The van der Waals surface area contributed by atoms with E-state index >= 15 is 0 Å². The van der Waals surface area contributed by atoms with E-state index in [1.165, 1.54) is 0 Å². The zero-order valence-electron chi connectivity index (χ0n) is 16.1. The molecule has 5 heteroatoms. The van der Waals surface area contributed by atoms with Gasteiger partial charge in [0, 0.05) is 38.0 Å². The molecule has 5 nitrogen and oxygen atoms in total. The van der Waals surface area contributed by atoms with Crippen LogP contribution in [0, 0.1) is 0 Å². The van der Waals surface area contributed by atoms with E-state index in [1.807, 2.05) is 61.7 Å². The summed E-state index contributed by atoms with van der Waals surface area (Å²) in [4.78, 5) is 21.5. The molecule has 0 N–H and O–H groups in total. The Morgan fingerprint density at radius 2 is 1.70 bits per heavy atom. The zero-order chi connectivity index (χ0) is 19.1. The van der Waals surface area contributed by atoms with Crippen molar-refractivity contribution < 1.29 is 9.53 Å². The number of hydrogen-bond donors (Lipinski definition) is 0. The fraction of sp³-hybridized carbons (Fsp3) is 0.364. The summed E-state index contributed by atoms with van der Waals surface area (Å²) in [6, 6.07) is 15.3. The molecular formula is C22H27N3O2. The van der Waals surface area contributed by atoms with Crippen LogP contribution in [0.1, 0.15) is 22.8 Å². The van der Waals surface area contributed by atoms with E-state index in [4.69, 9.17) is 4.74 Å². The number of ether oxygens (including phenoxy) is 1. The Kier molecular flexibility index (Phi) is 6.74. The molecule has 0 radical (unpaired) electrons. The summed E-state index contributed by atoms with van der Waals surface area (Å²) in [6.07, 6.45) is 1.82. The lowest BCUT2D eigenvalue weighted by Gasteiger charge is -2.31. The van der Waals surface area contributed by atoms with Crippen molar-refractivity contribution in [1.29, 1.82) is 0 Å². The normalized spacial score (nSPS) is 15.9. The third-order valence-corrected chi connectivity index (χ3v) is 4.71. The van der Waals surface area contributed by atoms with E-state index in [1.54, 1.807) is 0 Å². The number of Topliss-reactive ketones (excluding diaryl/α,β-unsaturated/α-hetero) is 1. The number of piperazine rings is 1. The average molecular weight is 365 g/mol. The summed E-state index contributed by atoms with van der Waals surface area (Å²) in [7, 11) is 2.12. The molecule has 1 fully saturated rings. The van der Waals surface area contributed by atoms with Gasteiger partial charge < -0.3 is 9.64 Å². The van der Waals surface area contributed by atoms with Crippen LogP contribution >= 0.6 is 0 Å². The molecule has 0 atom stereocenters. The van der Waals surface area contributed by atoms with E-state index in [0.29, 0.717) is 13.2 Å². The van der Waals surface area contributed by atoms with Crippen LogP contribution in [-0.2, 0) is 0 Å². The summed E-state index contributed by atoms with van der Waals surface area (Å²) in [5, 5.41) is 0. The van der Waals surface area contributed by atoms with Crippen LogP contribution in [0.4, 0.5) is 5.69 Å². The van der Waals surface area contributed by atoms with Crippen LogP contribution in [0.15, 0.2) is 53.5 Å². The number of carbonyl (C=O) groups is 1. The summed E-state index contributed by atoms with van der Waals surface area (Å²) >= 11 is 0. The molecule has 2 aromatic rings. The van der Waals surface area contributed by atoms with Crippen molar-refractivity contribution in [2.75, 3.05) is 46.4 Å². The molecule has 0 amide bonds. The van der Waals surface area contributed by atoms with Crippen molar-refractivity contribution in [3.63, 3.8) is 0 Å². The Hall–Kier alpha value is -2.50. The first-order chi connectivity index (χ1) is 13.1. The minimum Gasteiger partial charge on any atom is -0.494 e. The minimum absolute atomic E-state index is 0.168. The second-order valence-corrected chi connectivity index (χ2v) is 6.81. The van der Waals surface area contributed by atoms with Crippen LogP contribution in [0.5, 0.6) is 5.75 Å². The van der Waals surface area contributed by atoms with Gasteiger partial charge in [0.1, 0.15) is 5.75 Å². The molecule has 0 spiro atoms. The average Bonchev–Trinajstić information content (AvgIpc) is 2.70. The number of hydrogen-bond acceptors (Lipinski definition) is 5. The summed E-state index contributed by atoms with van der Waals surface area (Å²) in [5.41, 5.74) is 2.59. The van der Waals surface area contributed by atoms with E-state index in [2.05, 4.69) is 21.8 Å². The van der Waals surface area contributed by atoms with Crippen LogP contribution in [0.2, 0.25) is 0 Å². The van der Waals surface area contributed by atoms with Gasteiger partial charge in [0.05, 0.1) is 18.8 Å². The maximum Gasteiger partial charge on any atom is 0.176 e. The Morgan fingerprint density at radius 3 is 2.33 bits per heavy atom. The largest absolute Gasteiger partial charge is 0.494 e. The second-order valence-electron chi connectivity index (χ2n) is 6.81. The number of ketones is 1. The molecule has 0 saturated carbocycles. The van der Waals surface area contributed by atoms with Gasteiger partial charge in [-0.15, -0.1) is 0 Å². The van der Waals surface area contributed by atoms with Gasteiger partial charge in [0.15, 0.2) is 5.78 Å². The molecule has 1 aliphatic heterocycles. The van der Waals surface area contributed by atoms with Crippen LogP contribution in [0.3, 0.4) is 0 Å². The maximum atomic E-state index is 12.5. The molecule has 0 bridgehead atoms. The number of likely N-dealkylation sites (N-methyl/N-ethyl adjacent to an activating group) is 1. The highest BCUT2D eigenvalue weighted by Crippen LogP contribution is 2.16. The lowest BCUT2D eigenvalue weighted by molar-refractivity contribution is 0.0876. The number of rotatable bonds is 7. The highest BCUT2D eigenvalue weighted by atomic mass is 16.5. The second kappa shape index (κ2) is 9.44. The zero-order valence-corrected chi connectivity index (χ0v) is 16.1. The molecule has 2 aromatic carbocycles. The number of nitrogens with zero attached hydrogens (tertiary/aromatic N) is 3. The highest BCUT2D eigenvalue weighted by Gasteiger charge is 2.17. The first-order valence-electron chi connectivity index (χ1n) is 9.45. The van der Waals surface area contributed by atoms with Gasteiger partial charge in [-0.3, -0.25) is 14.7 Å². The number of benzene rings is 2. The molecule has 0 aromatic heterocycles. The van der Waals surface area contributed by atoms with Crippen LogP contribution in [-0.4, -0.2) is 68.2 Å². The van der Waals surface area contributed by atoms with Gasteiger partial charge in [-0.25, -0.2) is 0 Å². The summed E-state index contributed by atoms with van der Waals surface area (Å²) in [6.45, 7) is 7.06.